The van der Waals surface area contributed by atoms with E-state index in [4.69, 9.17) is 52.1 Å². The minimum Gasteiger partial charge on any atom is -0.455 e. The van der Waals surface area contributed by atoms with E-state index in [1.807, 2.05) is 0 Å². The highest BCUT2D eigenvalue weighted by Gasteiger charge is 2.58. The van der Waals surface area contributed by atoms with E-state index < -0.39 is 160 Å². The van der Waals surface area contributed by atoms with Crippen molar-refractivity contribution in [2.75, 3.05) is 13.2 Å². The van der Waals surface area contributed by atoms with Crippen LogP contribution in [0.15, 0.2) is 11.6 Å². The molecule has 5 saturated heterocycles. The fraction of sp³-hybridized carbons (Fsp3) is 0.900. The minimum atomic E-state index is -1.95. The molecule has 0 aliphatic carbocycles. The van der Waals surface area contributed by atoms with Crippen molar-refractivity contribution in [2.24, 2.45) is 5.92 Å². The summed E-state index contributed by atoms with van der Waals surface area (Å²) in [7, 11) is 0. The molecule has 0 aromatic rings. The molecule has 0 saturated carbocycles. The Kier molecular flexibility index (Phi) is 24.4. The monoisotopic (exact) mass is 1040 g/mol. The van der Waals surface area contributed by atoms with Crippen LogP contribution in [0, 0.1) is 5.92 Å². The van der Waals surface area contributed by atoms with E-state index in [-0.39, 0.29) is 18.1 Å². The number of aliphatic hydroxyl groups excluding tert-OH is 8. The van der Waals surface area contributed by atoms with Gasteiger partial charge in [0.15, 0.2) is 43.5 Å². The van der Waals surface area contributed by atoms with Crippen molar-refractivity contribution >= 4 is 17.9 Å². The molecule has 0 radical (unpaired) electrons. The van der Waals surface area contributed by atoms with E-state index in [0.717, 1.165) is 51.4 Å². The summed E-state index contributed by atoms with van der Waals surface area (Å²) in [5.74, 6) is -3.11. The maximum atomic E-state index is 14.0. The van der Waals surface area contributed by atoms with Crippen LogP contribution < -0.4 is 0 Å². The molecule has 0 aromatic heterocycles. The Morgan fingerprint density at radius 3 is 1.90 bits per heavy atom. The minimum absolute atomic E-state index is 0.0728. The number of carbonyl (C=O) groups is 3. The standard InChI is InChI=1S/C50H84O22/c1-8-11-17-20-29-21-18-15-13-12-14-16-19-22-32(53)67-43-39(70-47-38(59)37(58)40(31(24-52)66-47)68-45(60)25(4)9-2)28(7)63-50(44(43)69-46(61)26(5)10-3)72-42-36(57)34(55)30(23-51)65-49(42)71-41-35(56)33(54)27(6)62-48(41)64-29/h9,26-31,33-44,47-52,54-59H,8,10-24H2,1-7H3/b25-9+. The van der Waals surface area contributed by atoms with Crippen molar-refractivity contribution in [1.29, 1.82) is 0 Å². The maximum absolute atomic E-state index is 14.0. The van der Waals surface area contributed by atoms with Crippen molar-refractivity contribution in [2.45, 2.75) is 267 Å². The number of aliphatic hydroxyl groups is 8. The molecule has 416 valence electrons. The fourth-order valence-electron chi connectivity index (χ4n) is 9.45. The molecule has 0 aromatic carbocycles. The molecule has 22 atom stereocenters. The second-order valence-corrected chi connectivity index (χ2v) is 19.9. The molecule has 22 unspecified atom stereocenters. The van der Waals surface area contributed by atoms with Crippen molar-refractivity contribution in [3.63, 3.8) is 0 Å². The van der Waals surface area contributed by atoms with E-state index in [0.29, 0.717) is 32.1 Å². The lowest BCUT2D eigenvalue weighted by Gasteiger charge is -2.50. The molecule has 5 aliphatic rings. The first kappa shape index (κ1) is 60.4. The van der Waals surface area contributed by atoms with Gasteiger partial charge in [-0.15, -0.1) is 0 Å². The number of unbranched alkanes of at least 4 members (excludes halogenated alkanes) is 2. The van der Waals surface area contributed by atoms with Gasteiger partial charge in [-0.3, -0.25) is 9.59 Å². The molecule has 0 amide bonds. The van der Waals surface area contributed by atoms with E-state index in [9.17, 15) is 55.2 Å². The summed E-state index contributed by atoms with van der Waals surface area (Å²) in [5.41, 5.74) is 0.186. The predicted molar refractivity (Wildman–Crippen MR) is 250 cm³/mol. The van der Waals surface area contributed by atoms with Gasteiger partial charge in [0.05, 0.1) is 37.4 Å². The molecule has 5 rings (SSSR count). The first-order valence-corrected chi connectivity index (χ1v) is 26.2. The molecule has 0 spiro atoms. The molecule has 2 bridgehead atoms. The first-order valence-electron chi connectivity index (χ1n) is 26.2. The number of hydrogen-bond donors (Lipinski definition) is 8. The second kappa shape index (κ2) is 29.1. The Balaban J connectivity index is 1.56. The number of esters is 3. The van der Waals surface area contributed by atoms with Crippen LogP contribution in [0.25, 0.3) is 0 Å². The van der Waals surface area contributed by atoms with Crippen LogP contribution in [-0.4, -0.2) is 201 Å². The zero-order valence-electron chi connectivity index (χ0n) is 42.9. The van der Waals surface area contributed by atoms with Crippen LogP contribution in [0.2, 0.25) is 0 Å². The van der Waals surface area contributed by atoms with Crippen LogP contribution in [0.5, 0.6) is 0 Å². The third-order valence-corrected chi connectivity index (χ3v) is 14.4. The highest BCUT2D eigenvalue weighted by atomic mass is 16.8. The molecular weight excluding hydrogens is 953 g/mol. The lowest BCUT2D eigenvalue weighted by molar-refractivity contribution is -0.399. The number of allylic oxidation sites excluding steroid dienone is 1. The van der Waals surface area contributed by atoms with Gasteiger partial charge in [-0.1, -0.05) is 84.6 Å². The average molecular weight is 1040 g/mol. The topological polar surface area (TPSA) is 315 Å². The van der Waals surface area contributed by atoms with Gasteiger partial charge in [-0.2, -0.15) is 0 Å². The van der Waals surface area contributed by atoms with Crippen molar-refractivity contribution in [1.82, 2.24) is 0 Å². The molecule has 5 heterocycles. The van der Waals surface area contributed by atoms with E-state index in [1.54, 1.807) is 27.7 Å². The van der Waals surface area contributed by atoms with Gasteiger partial charge in [0.2, 0.25) is 0 Å². The quantitative estimate of drug-likeness (QED) is 0.0560. The van der Waals surface area contributed by atoms with Gasteiger partial charge in [0.25, 0.3) is 0 Å². The lowest BCUT2D eigenvalue weighted by Crippen LogP contribution is -2.68. The Labute approximate surface area is 422 Å². The largest absolute Gasteiger partial charge is 0.455 e. The Morgan fingerprint density at radius 2 is 1.26 bits per heavy atom. The molecule has 5 fully saturated rings. The summed E-state index contributed by atoms with van der Waals surface area (Å²) in [5, 5.41) is 89.3. The number of ether oxygens (including phenoxy) is 11. The summed E-state index contributed by atoms with van der Waals surface area (Å²) in [6.07, 6.45) is -21.3. The summed E-state index contributed by atoms with van der Waals surface area (Å²) in [6, 6.07) is 0. The maximum Gasteiger partial charge on any atom is 0.333 e. The van der Waals surface area contributed by atoms with Gasteiger partial charge in [-0.05, 0) is 53.4 Å². The predicted octanol–water partition coefficient (Wildman–Crippen LogP) is 1.47. The van der Waals surface area contributed by atoms with Gasteiger partial charge >= 0.3 is 17.9 Å². The number of carbonyl (C=O) groups excluding carboxylic acids is 3. The van der Waals surface area contributed by atoms with Gasteiger partial charge in [0.1, 0.15) is 67.1 Å². The van der Waals surface area contributed by atoms with E-state index >= 15 is 0 Å². The Bertz CT molecular complexity index is 1680. The van der Waals surface area contributed by atoms with E-state index in [2.05, 4.69) is 6.92 Å². The smallest absolute Gasteiger partial charge is 0.333 e. The molecule has 5 aliphatic heterocycles. The summed E-state index contributed by atoms with van der Waals surface area (Å²) in [4.78, 5) is 40.5. The van der Waals surface area contributed by atoms with Crippen molar-refractivity contribution in [3.05, 3.63) is 11.6 Å². The zero-order valence-corrected chi connectivity index (χ0v) is 42.9. The number of hydrogen-bond acceptors (Lipinski definition) is 22. The third kappa shape index (κ3) is 15.6. The van der Waals surface area contributed by atoms with Crippen LogP contribution >= 0.6 is 0 Å². The SMILES string of the molecule is C/C=C(\C)C(=O)OC1C(CO)OC(OC2C(C)OC3OC4C(OC(CO)C(O)C4O)OC4C(OC(CCCCC)CCCCCCCCCC(=O)OC2C3OC(=O)C(C)CC)OC(C)C(O)C4O)C(O)C1O. The highest BCUT2D eigenvalue weighted by molar-refractivity contribution is 5.87. The number of fused-ring (bicyclic) bond motifs is 4. The van der Waals surface area contributed by atoms with Crippen molar-refractivity contribution in [3.8, 4) is 0 Å². The fourth-order valence-corrected chi connectivity index (χ4v) is 9.45. The lowest BCUT2D eigenvalue weighted by atomic mass is 9.95. The van der Waals surface area contributed by atoms with Gasteiger partial charge in [-0.25, -0.2) is 4.79 Å². The molecule has 8 N–H and O–H groups in total. The third-order valence-electron chi connectivity index (χ3n) is 14.4. The summed E-state index contributed by atoms with van der Waals surface area (Å²) < 4.78 is 68.0. The summed E-state index contributed by atoms with van der Waals surface area (Å²) >= 11 is 0. The van der Waals surface area contributed by atoms with Gasteiger partial charge in [0, 0.05) is 12.0 Å². The normalized spacial score (nSPS) is 41.8. The first-order chi connectivity index (χ1) is 34.4. The zero-order chi connectivity index (χ0) is 52.8. The molecule has 22 nitrogen and oxygen atoms in total. The average Bonchev–Trinajstić information content (AvgIpc) is 3.36. The molecule has 72 heavy (non-hydrogen) atoms. The summed E-state index contributed by atoms with van der Waals surface area (Å²) in [6.45, 7) is 9.93. The molecule has 22 heteroatoms. The van der Waals surface area contributed by atoms with Crippen LogP contribution in [0.4, 0.5) is 0 Å². The van der Waals surface area contributed by atoms with E-state index in [1.165, 1.54) is 19.9 Å². The van der Waals surface area contributed by atoms with Crippen LogP contribution in [0.3, 0.4) is 0 Å². The Morgan fingerprint density at radius 1 is 0.653 bits per heavy atom. The van der Waals surface area contributed by atoms with Gasteiger partial charge < -0.3 is 93.0 Å². The number of rotatable bonds is 13. The molecular formula is C50H84O22. The van der Waals surface area contributed by atoms with Crippen LogP contribution in [-0.2, 0) is 66.5 Å². The second-order valence-electron chi connectivity index (χ2n) is 19.9. The highest BCUT2D eigenvalue weighted by Crippen LogP contribution is 2.38. The Hall–Kier alpha value is -2.49. The van der Waals surface area contributed by atoms with Crippen molar-refractivity contribution < 1.29 is 107 Å². The van der Waals surface area contributed by atoms with Crippen LogP contribution in [0.1, 0.15) is 138 Å².